The molecule has 0 bridgehead atoms. The first-order valence-corrected chi connectivity index (χ1v) is 5.86. The Kier molecular flexibility index (Phi) is 3.52. The van der Waals surface area contributed by atoms with Gasteiger partial charge in [0.05, 0.1) is 10.5 Å². The number of halogens is 1. The van der Waals surface area contributed by atoms with E-state index in [1.54, 1.807) is 19.2 Å². The minimum Gasteiger partial charge on any atom is -0.371 e. The van der Waals surface area contributed by atoms with Crippen molar-refractivity contribution in [1.82, 2.24) is 9.97 Å². The van der Waals surface area contributed by atoms with Crippen molar-refractivity contribution in [3.8, 4) is 11.3 Å². The molecule has 1 aromatic heterocycles. The molecule has 0 atom stereocenters. The largest absolute Gasteiger partial charge is 0.371 e. The number of hydrogen-bond acceptors (Lipinski definition) is 5. The van der Waals surface area contributed by atoms with E-state index in [-0.39, 0.29) is 5.69 Å². The number of hydrogen-bond donors (Lipinski definition) is 1. The molecule has 1 heterocycles. The number of aromatic nitrogens is 2. The van der Waals surface area contributed by atoms with Crippen molar-refractivity contribution < 1.29 is 4.92 Å². The predicted molar refractivity (Wildman–Crippen MR) is 71.4 cm³/mol. The Labute approximate surface area is 111 Å². The second-order valence-corrected chi connectivity index (χ2v) is 4.34. The van der Waals surface area contributed by atoms with Crippen LogP contribution >= 0.6 is 15.9 Å². The molecule has 2 aromatic rings. The van der Waals surface area contributed by atoms with Crippen LogP contribution < -0.4 is 5.32 Å². The van der Waals surface area contributed by atoms with Crippen molar-refractivity contribution in [2.75, 3.05) is 12.4 Å². The van der Waals surface area contributed by atoms with E-state index in [1.165, 1.54) is 18.5 Å². The van der Waals surface area contributed by atoms with E-state index in [4.69, 9.17) is 0 Å². The summed E-state index contributed by atoms with van der Waals surface area (Å²) in [5.41, 5.74) is 0.876. The lowest BCUT2D eigenvalue weighted by Gasteiger charge is -2.07. The normalized spacial score (nSPS) is 10.1. The molecular formula is C11H9BrN4O2. The number of nitrogens with one attached hydrogen (secondary N) is 1. The molecule has 0 aliphatic rings. The zero-order valence-electron chi connectivity index (χ0n) is 9.42. The number of rotatable bonds is 3. The molecule has 0 radical (unpaired) electrons. The van der Waals surface area contributed by atoms with E-state index in [0.717, 1.165) is 0 Å². The molecule has 6 nitrogen and oxygen atoms in total. The molecule has 1 aromatic carbocycles. The molecule has 0 amide bonds. The summed E-state index contributed by atoms with van der Waals surface area (Å²) in [4.78, 5) is 18.9. The van der Waals surface area contributed by atoms with Crippen LogP contribution in [0, 0.1) is 10.1 Å². The molecule has 2 rings (SSSR count). The van der Waals surface area contributed by atoms with Crippen molar-refractivity contribution in [2.24, 2.45) is 0 Å². The van der Waals surface area contributed by atoms with Gasteiger partial charge in [-0.1, -0.05) is 15.9 Å². The monoisotopic (exact) mass is 308 g/mol. The third kappa shape index (κ3) is 2.30. The molecule has 0 aliphatic heterocycles. The number of nitro benzene ring substituents is 1. The van der Waals surface area contributed by atoms with Crippen molar-refractivity contribution in [2.45, 2.75) is 0 Å². The van der Waals surface area contributed by atoms with E-state index >= 15 is 0 Å². The van der Waals surface area contributed by atoms with E-state index in [9.17, 15) is 10.1 Å². The molecule has 0 unspecified atom stereocenters. The van der Waals surface area contributed by atoms with E-state index in [1.807, 2.05) is 0 Å². The van der Waals surface area contributed by atoms with Crippen molar-refractivity contribution in [3.05, 3.63) is 45.2 Å². The lowest BCUT2D eigenvalue weighted by atomic mass is 10.1. The number of anilines is 1. The lowest BCUT2D eigenvalue weighted by Crippen LogP contribution is -2.00. The minimum atomic E-state index is -0.436. The highest BCUT2D eigenvalue weighted by Gasteiger charge is 2.19. The van der Waals surface area contributed by atoms with Gasteiger partial charge in [-0.3, -0.25) is 15.1 Å². The molecule has 7 heteroatoms. The third-order valence-corrected chi connectivity index (χ3v) is 2.84. The Balaban J connectivity index is 2.67. The van der Waals surface area contributed by atoms with Crippen LogP contribution in [-0.4, -0.2) is 21.9 Å². The Hall–Kier alpha value is -2.02. The summed E-state index contributed by atoms with van der Waals surface area (Å²) in [6.45, 7) is 0. The Bertz CT molecular complexity index is 603. The first-order valence-electron chi connectivity index (χ1n) is 5.06. The van der Waals surface area contributed by atoms with Crippen LogP contribution in [0.25, 0.3) is 11.3 Å². The van der Waals surface area contributed by atoms with Crippen molar-refractivity contribution in [1.29, 1.82) is 0 Å². The van der Waals surface area contributed by atoms with Gasteiger partial charge in [0.1, 0.15) is 5.69 Å². The fraction of sp³-hybridized carbons (Fsp3) is 0.0909. The molecule has 0 fully saturated rings. The summed E-state index contributed by atoms with van der Waals surface area (Å²) in [7, 11) is 1.69. The molecule has 0 spiro atoms. The number of nitrogens with zero attached hydrogens (tertiary/aromatic N) is 3. The van der Waals surface area contributed by atoms with Gasteiger partial charge in [-0.25, -0.2) is 4.98 Å². The average molecular weight is 309 g/mol. The third-order valence-electron chi connectivity index (χ3n) is 2.35. The maximum absolute atomic E-state index is 11.1. The molecule has 18 heavy (non-hydrogen) atoms. The highest BCUT2D eigenvalue weighted by atomic mass is 79.9. The van der Waals surface area contributed by atoms with Gasteiger partial charge >= 0.3 is 0 Å². The quantitative estimate of drug-likeness (QED) is 0.696. The minimum absolute atomic E-state index is 0.0126. The van der Waals surface area contributed by atoms with Crippen LogP contribution in [0.4, 0.5) is 11.5 Å². The van der Waals surface area contributed by atoms with Crippen LogP contribution in [0.2, 0.25) is 0 Å². The van der Waals surface area contributed by atoms with E-state index in [2.05, 4.69) is 31.2 Å². The van der Waals surface area contributed by atoms with Crippen molar-refractivity contribution in [3.63, 3.8) is 0 Å². The molecule has 0 aliphatic carbocycles. The van der Waals surface area contributed by atoms with Gasteiger partial charge < -0.3 is 5.32 Å². The summed E-state index contributed by atoms with van der Waals surface area (Å²) in [5.74, 6) is 0.503. The van der Waals surface area contributed by atoms with Gasteiger partial charge in [0, 0.05) is 30.0 Å². The molecule has 0 saturated heterocycles. The highest BCUT2D eigenvalue weighted by molar-refractivity contribution is 9.10. The van der Waals surface area contributed by atoms with E-state index in [0.29, 0.717) is 21.5 Å². The second-order valence-electron chi connectivity index (χ2n) is 3.42. The summed E-state index contributed by atoms with van der Waals surface area (Å²) < 4.78 is 0.646. The first kappa shape index (κ1) is 12.4. The number of nitro groups is 1. The molecular weight excluding hydrogens is 300 g/mol. The standard InChI is InChI=1S/C11H9BrN4O2/c1-13-11-10(14-4-5-15-11)8-3-2-7(12)6-9(8)16(17)18/h2-6H,1H3,(H,13,15). The highest BCUT2D eigenvalue weighted by Crippen LogP contribution is 2.33. The fourth-order valence-corrected chi connectivity index (χ4v) is 1.92. The Morgan fingerprint density at radius 1 is 1.33 bits per heavy atom. The Morgan fingerprint density at radius 2 is 2.06 bits per heavy atom. The van der Waals surface area contributed by atoms with Gasteiger partial charge in [0.15, 0.2) is 5.82 Å². The zero-order chi connectivity index (χ0) is 13.1. The van der Waals surface area contributed by atoms with Crippen LogP contribution in [0.3, 0.4) is 0 Å². The van der Waals surface area contributed by atoms with E-state index < -0.39 is 4.92 Å². The zero-order valence-corrected chi connectivity index (χ0v) is 11.0. The topological polar surface area (TPSA) is 81.0 Å². The van der Waals surface area contributed by atoms with Gasteiger partial charge in [0.2, 0.25) is 0 Å². The van der Waals surface area contributed by atoms with Gasteiger partial charge in [-0.05, 0) is 12.1 Å². The number of benzene rings is 1. The molecule has 0 saturated carbocycles. The SMILES string of the molecule is CNc1nccnc1-c1ccc(Br)cc1[N+](=O)[O-]. The summed E-state index contributed by atoms with van der Waals surface area (Å²) in [6.07, 6.45) is 3.03. The second kappa shape index (κ2) is 5.09. The van der Waals surface area contributed by atoms with Crippen LogP contribution in [0.15, 0.2) is 35.1 Å². The summed E-state index contributed by atoms with van der Waals surface area (Å²) in [6, 6.07) is 4.83. The summed E-state index contributed by atoms with van der Waals surface area (Å²) >= 11 is 3.22. The van der Waals surface area contributed by atoms with Gasteiger partial charge in [-0.15, -0.1) is 0 Å². The Morgan fingerprint density at radius 3 is 2.72 bits per heavy atom. The first-order chi connectivity index (χ1) is 8.63. The fourth-order valence-electron chi connectivity index (χ4n) is 1.57. The predicted octanol–water partition coefficient (Wildman–Crippen LogP) is 2.86. The van der Waals surface area contributed by atoms with Crippen LogP contribution in [0.5, 0.6) is 0 Å². The van der Waals surface area contributed by atoms with Gasteiger partial charge in [0.25, 0.3) is 5.69 Å². The van der Waals surface area contributed by atoms with Crippen molar-refractivity contribution >= 4 is 27.4 Å². The maximum atomic E-state index is 11.1. The summed E-state index contributed by atoms with van der Waals surface area (Å²) in [5, 5.41) is 13.9. The lowest BCUT2D eigenvalue weighted by molar-refractivity contribution is -0.384. The molecule has 92 valence electrons. The smallest absolute Gasteiger partial charge is 0.280 e. The van der Waals surface area contributed by atoms with Gasteiger partial charge in [-0.2, -0.15) is 0 Å². The average Bonchev–Trinajstić information content (AvgIpc) is 2.38. The van der Waals surface area contributed by atoms with Crippen LogP contribution in [-0.2, 0) is 0 Å². The molecule has 1 N–H and O–H groups in total. The van der Waals surface area contributed by atoms with Crippen LogP contribution in [0.1, 0.15) is 0 Å². The maximum Gasteiger partial charge on any atom is 0.280 e.